The van der Waals surface area contributed by atoms with Crippen LogP contribution in [0.2, 0.25) is 0 Å². The van der Waals surface area contributed by atoms with Gasteiger partial charge < -0.3 is 10.1 Å². The Balaban J connectivity index is 2.89. The number of rotatable bonds is 2. The van der Waals surface area contributed by atoms with Crippen LogP contribution in [0.15, 0.2) is 18.2 Å². The first-order chi connectivity index (χ1) is 8.19. The topological polar surface area (TPSA) is 57.9 Å². The molecule has 2 rings (SSSR count). The van der Waals surface area contributed by atoms with Crippen LogP contribution in [-0.2, 0) is 0 Å². The molecule has 0 atom stereocenters. The number of aromatic nitrogens is 1. The quantitative estimate of drug-likeness (QED) is 0.856. The summed E-state index contributed by atoms with van der Waals surface area (Å²) in [5.74, 6) is 0.689. The predicted octanol–water partition coefficient (Wildman–Crippen LogP) is 2.47. The standard InChI is InChI=1S/C13H13N3O/c1-8-4-10-11(15-2)6-9(7-14)16-13(10)12(5-8)17-3/h4-6H,1-3H3,(H,15,16). The Morgan fingerprint density at radius 3 is 2.71 bits per heavy atom. The van der Waals surface area contributed by atoms with Gasteiger partial charge in [0.1, 0.15) is 23.0 Å². The van der Waals surface area contributed by atoms with Gasteiger partial charge in [-0.2, -0.15) is 5.26 Å². The van der Waals surface area contributed by atoms with Gasteiger partial charge in [0, 0.05) is 18.1 Å². The van der Waals surface area contributed by atoms with E-state index in [1.54, 1.807) is 13.2 Å². The summed E-state index contributed by atoms with van der Waals surface area (Å²) in [5, 5.41) is 13.0. The Hall–Kier alpha value is -2.28. The number of anilines is 1. The number of fused-ring (bicyclic) bond motifs is 1. The molecule has 86 valence electrons. The lowest BCUT2D eigenvalue weighted by Crippen LogP contribution is -1.97. The van der Waals surface area contributed by atoms with E-state index >= 15 is 0 Å². The Kier molecular flexibility index (Phi) is 2.84. The molecule has 0 aliphatic rings. The third-order valence-corrected chi connectivity index (χ3v) is 2.63. The molecule has 0 saturated heterocycles. The lowest BCUT2D eigenvalue weighted by Gasteiger charge is -2.10. The highest BCUT2D eigenvalue weighted by atomic mass is 16.5. The van der Waals surface area contributed by atoms with Crippen molar-refractivity contribution in [2.24, 2.45) is 0 Å². The summed E-state index contributed by atoms with van der Waals surface area (Å²) in [6.07, 6.45) is 0. The van der Waals surface area contributed by atoms with Crippen molar-refractivity contribution in [1.29, 1.82) is 5.26 Å². The first-order valence-electron chi connectivity index (χ1n) is 5.27. The van der Waals surface area contributed by atoms with E-state index in [2.05, 4.69) is 16.4 Å². The van der Waals surface area contributed by atoms with E-state index in [0.717, 1.165) is 16.6 Å². The van der Waals surface area contributed by atoms with Gasteiger partial charge in [0.25, 0.3) is 0 Å². The zero-order valence-electron chi connectivity index (χ0n) is 10.0. The minimum atomic E-state index is 0.379. The van der Waals surface area contributed by atoms with Crippen LogP contribution in [-0.4, -0.2) is 19.1 Å². The van der Waals surface area contributed by atoms with Crippen LogP contribution in [0.5, 0.6) is 5.75 Å². The molecule has 1 heterocycles. The van der Waals surface area contributed by atoms with E-state index in [1.807, 2.05) is 26.1 Å². The highest BCUT2D eigenvalue weighted by Crippen LogP contribution is 2.31. The highest BCUT2D eigenvalue weighted by molar-refractivity contribution is 5.96. The molecule has 0 radical (unpaired) electrons. The molecular formula is C13H13N3O. The van der Waals surface area contributed by atoms with E-state index in [9.17, 15) is 0 Å². The van der Waals surface area contributed by atoms with Gasteiger partial charge in [-0.3, -0.25) is 0 Å². The fraction of sp³-hybridized carbons (Fsp3) is 0.231. The van der Waals surface area contributed by atoms with Gasteiger partial charge in [0.2, 0.25) is 0 Å². The fourth-order valence-corrected chi connectivity index (χ4v) is 1.85. The third-order valence-electron chi connectivity index (χ3n) is 2.63. The monoisotopic (exact) mass is 227 g/mol. The molecule has 1 aromatic carbocycles. The molecule has 0 aliphatic carbocycles. The van der Waals surface area contributed by atoms with E-state index in [1.165, 1.54) is 0 Å². The summed E-state index contributed by atoms with van der Waals surface area (Å²) in [4.78, 5) is 4.29. The van der Waals surface area contributed by atoms with Crippen molar-refractivity contribution in [1.82, 2.24) is 4.98 Å². The van der Waals surface area contributed by atoms with Crippen LogP contribution in [0.1, 0.15) is 11.3 Å². The molecule has 0 bridgehead atoms. The summed E-state index contributed by atoms with van der Waals surface area (Å²) in [6, 6.07) is 7.73. The molecule has 0 unspecified atom stereocenters. The SMILES string of the molecule is CNc1cc(C#N)nc2c(OC)cc(C)cc12. The zero-order valence-corrected chi connectivity index (χ0v) is 10.0. The number of nitriles is 1. The van der Waals surface area contributed by atoms with Gasteiger partial charge in [-0.15, -0.1) is 0 Å². The van der Waals surface area contributed by atoms with E-state index in [0.29, 0.717) is 17.0 Å². The van der Waals surface area contributed by atoms with Crippen LogP contribution < -0.4 is 10.1 Å². The van der Waals surface area contributed by atoms with Gasteiger partial charge in [-0.25, -0.2) is 4.98 Å². The third kappa shape index (κ3) is 1.87. The number of methoxy groups -OCH3 is 1. The van der Waals surface area contributed by atoms with Crippen LogP contribution in [0.25, 0.3) is 10.9 Å². The number of hydrogen-bond acceptors (Lipinski definition) is 4. The van der Waals surface area contributed by atoms with Crippen LogP contribution in [0, 0.1) is 18.3 Å². The first kappa shape index (κ1) is 11.2. The van der Waals surface area contributed by atoms with Crippen molar-refractivity contribution in [3.8, 4) is 11.8 Å². The first-order valence-corrected chi connectivity index (χ1v) is 5.27. The van der Waals surface area contributed by atoms with Crippen molar-refractivity contribution in [3.63, 3.8) is 0 Å². The number of nitrogens with one attached hydrogen (secondary N) is 1. The van der Waals surface area contributed by atoms with Crippen molar-refractivity contribution < 1.29 is 4.74 Å². The summed E-state index contributed by atoms with van der Waals surface area (Å²) < 4.78 is 5.31. The minimum Gasteiger partial charge on any atom is -0.494 e. The number of pyridine rings is 1. The van der Waals surface area contributed by atoms with Crippen molar-refractivity contribution >= 4 is 16.6 Å². The maximum atomic E-state index is 8.95. The average Bonchev–Trinajstić information content (AvgIpc) is 2.36. The molecule has 0 spiro atoms. The Morgan fingerprint density at radius 1 is 1.35 bits per heavy atom. The molecule has 0 aliphatic heterocycles. The maximum Gasteiger partial charge on any atom is 0.145 e. The largest absolute Gasteiger partial charge is 0.494 e. The highest BCUT2D eigenvalue weighted by Gasteiger charge is 2.10. The maximum absolute atomic E-state index is 8.95. The van der Waals surface area contributed by atoms with Crippen LogP contribution in [0.4, 0.5) is 5.69 Å². The Bertz CT molecular complexity index is 614. The Morgan fingerprint density at radius 2 is 2.12 bits per heavy atom. The number of hydrogen-bond donors (Lipinski definition) is 1. The van der Waals surface area contributed by atoms with Gasteiger partial charge >= 0.3 is 0 Å². The fourth-order valence-electron chi connectivity index (χ4n) is 1.85. The van der Waals surface area contributed by atoms with Crippen molar-refractivity contribution in [2.75, 3.05) is 19.5 Å². The lowest BCUT2D eigenvalue weighted by atomic mass is 10.1. The molecule has 1 aromatic heterocycles. The second kappa shape index (κ2) is 4.30. The summed E-state index contributed by atoms with van der Waals surface area (Å²) in [7, 11) is 3.43. The molecular weight excluding hydrogens is 214 g/mol. The van der Waals surface area contributed by atoms with E-state index < -0.39 is 0 Å². The van der Waals surface area contributed by atoms with Gasteiger partial charge in [-0.05, 0) is 30.7 Å². The van der Waals surface area contributed by atoms with E-state index in [4.69, 9.17) is 10.00 Å². The molecule has 0 saturated carbocycles. The second-order valence-electron chi connectivity index (χ2n) is 3.78. The van der Waals surface area contributed by atoms with Crippen molar-refractivity contribution in [3.05, 3.63) is 29.5 Å². The molecule has 0 amide bonds. The normalized spacial score (nSPS) is 10.0. The molecule has 0 fully saturated rings. The lowest BCUT2D eigenvalue weighted by molar-refractivity contribution is 0.418. The van der Waals surface area contributed by atoms with E-state index in [-0.39, 0.29) is 0 Å². The molecule has 4 nitrogen and oxygen atoms in total. The van der Waals surface area contributed by atoms with Crippen molar-refractivity contribution in [2.45, 2.75) is 6.92 Å². The Labute approximate surface area is 99.8 Å². The van der Waals surface area contributed by atoms with Gasteiger partial charge in [-0.1, -0.05) is 0 Å². The smallest absolute Gasteiger partial charge is 0.145 e. The predicted molar refractivity (Wildman–Crippen MR) is 67.3 cm³/mol. The zero-order chi connectivity index (χ0) is 12.4. The molecule has 2 aromatic rings. The summed E-state index contributed by atoms with van der Waals surface area (Å²) in [5.41, 5.74) is 3.07. The molecule has 1 N–H and O–H groups in total. The second-order valence-corrected chi connectivity index (χ2v) is 3.78. The number of ether oxygens (including phenoxy) is 1. The summed E-state index contributed by atoms with van der Waals surface area (Å²) >= 11 is 0. The van der Waals surface area contributed by atoms with Crippen LogP contribution >= 0.6 is 0 Å². The van der Waals surface area contributed by atoms with Crippen LogP contribution in [0.3, 0.4) is 0 Å². The van der Waals surface area contributed by atoms with Gasteiger partial charge in [0.05, 0.1) is 7.11 Å². The number of nitrogens with zero attached hydrogens (tertiary/aromatic N) is 2. The van der Waals surface area contributed by atoms with Gasteiger partial charge in [0.15, 0.2) is 0 Å². The molecule has 4 heteroatoms. The summed E-state index contributed by atoms with van der Waals surface area (Å²) in [6.45, 7) is 2.00. The average molecular weight is 227 g/mol. The number of benzene rings is 1. The number of aryl methyl sites for hydroxylation is 1. The minimum absolute atomic E-state index is 0.379. The molecule has 17 heavy (non-hydrogen) atoms.